The van der Waals surface area contributed by atoms with Gasteiger partial charge < -0.3 is 14.8 Å². The molecule has 3 aromatic carbocycles. The molecule has 3 aromatic rings. The van der Waals surface area contributed by atoms with E-state index in [1.54, 1.807) is 18.2 Å². The number of benzene rings is 3. The first-order valence-corrected chi connectivity index (χ1v) is 8.98. The zero-order valence-electron chi connectivity index (χ0n) is 15.0. The molecular formula is C22H22FNO3. The number of fused-ring (bicyclic) bond motifs is 1. The van der Waals surface area contributed by atoms with Crippen molar-refractivity contribution >= 4 is 16.7 Å². The smallest absolute Gasteiger partial charge is 0.220 e. The fourth-order valence-corrected chi connectivity index (χ4v) is 2.74. The Morgan fingerprint density at radius 1 is 0.852 bits per heavy atom. The molecular weight excluding hydrogens is 345 g/mol. The summed E-state index contributed by atoms with van der Waals surface area (Å²) in [5.41, 5.74) is 0. The molecule has 0 aliphatic heterocycles. The molecule has 0 bridgehead atoms. The van der Waals surface area contributed by atoms with Crippen LogP contribution >= 0.6 is 0 Å². The lowest BCUT2D eigenvalue weighted by Gasteiger charge is -2.10. The van der Waals surface area contributed by atoms with Crippen molar-refractivity contribution < 1.29 is 18.7 Å². The van der Waals surface area contributed by atoms with Gasteiger partial charge in [0.15, 0.2) is 11.6 Å². The number of rotatable bonds is 9. The number of halogens is 1. The molecule has 0 heterocycles. The average Bonchev–Trinajstić information content (AvgIpc) is 2.70. The molecule has 0 aliphatic carbocycles. The van der Waals surface area contributed by atoms with Crippen LogP contribution in [0.5, 0.6) is 11.5 Å². The van der Waals surface area contributed by atoms with Crippen molar-refractivity contribution in [2.24, 2.45) is 0 Å². The monoisotopic (exact) mass is 367 g/mol. The zero-order valence-corrected chi connectivity index (χ0v) is 15.0. The van der Waals surface area contributed by atoms with Crippen molar-refractivity contribution in [1.82, 2.24) is 5.32 Å². The Balaban J connectivity index is 1.33. The molecule has 0 aliphatic rings. The number of nitrogens with one attached hydrogen (secondary N) is 1. The van der Waals surface area contributed by atoms with E-state index >= 15 is 0 Å². The number of para-hydroxylation sites is 1. The van der Waals surface area contributed by atoms with Crippen molar-refractivity contribution in [2.75, 3.05) is 19.8 Å². The van der Waals surface area contributed by atoms with E-state index in [-0.39, 0.29) is 11.7 Å². The molecule has 0 aromatic heterocycles. The molecule has 27 heavy (non-hydrogen) atoms. The van der Waals surface area contributed by atoms with E-state index in [9.17, 15) is 9.18 Å². The Labute approximate surface area is 157 Å². The van der Waals surface area contributed by atoms with Gasteiger partial charge in [-0.3, -0.25) is 4.79 Å². The second kappa shape index (κ2) is 9.57. The summed E-state index contributed by atoms with van der Waals surface area (Å²) < 4.78 is 24.5. The Morgan fingerprint density at radius 3 is 2.44 bits per heavy atom. The lowest BCUT2D eigenvalue weighted by atomic mass is 10.1. The molecule has 1 N–H and O–H groups in total. The highest BCUT2D eigenvalue weighted by Gasteiger charge is 2.05. The van der Waals surface area contributed by atoms with Gasteiger partial charge in [0.1, 0.15) is 12.4 Å². The summed E-state index contributed by atoms with van der Waals surface area (Å²) in [7, 11) is 0. The van der Waals surface area contributed by atoms with E-state index in [4.69, 9.17) is 9.47 Å². The minimum Gasteiger partial charge on any atom is -0.491 e. The molecule has 4 nitrogen and oxygen atoms in total. The predicted molar refractivity (Wildman–Crippen MR) is 104 cm³/mol. The fraction of sp³-hybridized carbons (Fsp3) is 0.227. The summed E-state index contributed by atoms with van der Waals surface area (Å²) in [6.07, 6.45) is 0.840. The number of hydrogen-bond acceptors (Lipinski definition) is 3. The maximum Gasteiger partial charge on any atom is 0.220 e. The van der Waals surface area contributed by atoms with Gasteiger partial charge in [-0.25, -0.2) is 4.39 Å². The Bertz CT molecular complexity index is 892. The van der Waals surface area contributed by atoms with Crippen molar-refractivity contribution in [2.45, 2.75) is 12.8 Å². The van der Waals surface area contributed by atoms with Gasteiger partial charge in [0.2, 0.25) is 5.91 Å². The Hall–Kier alpha value is -3.08. The summed E-state index contributed by atoms with van der Waals surface area (Å²) in [5.74, 6) is 0.545. The number of amides is 1. The quantitative estimate of drug-likeness (QED) is 0.573. The molecule has 3 rings (SSSR count). The first-order valence-electron chi connectivity index (χ1n) is 8.98. The van der Waals surface area contributed by atoms with E-state index in [0.717, 1.165) is 16.5 Å². The summed E-state index contributed by atoms with van der Waals surface area (Å²) >= 11 is 0. The van der Waals surface area contributed by atoms with Gasteiger partial charge in [-0.15, -0.1) is 0 Å². The number of ether oxygens (including phenoxy) is 2. The van der Waals surface area contributed by atoms with Gasteiger partial charge in [-0.2, -0.15) is 0 Å². The van der Waals surface area contributed by atoms with Gasteiger partial charge in [0.05, 0.1) is 13.2 Å². The second-order valence-corrected chi connectivity index (χ2v) is 6.06. The summed E-state index contributed by atoms with van der Waals surface area (Å²) in [6.45, 7) is 1.11. The fourth-order valence-electron chi connectivity index (χ4n) is 2.74. The third-order valence-electron chi connectivity index (χ3n) is 4.07. The topological polar surface area (TPSA) is 47.6 Å². The number of carbonyl (C=O) groups is 1. The van der Waals surface area contributed by atoms with E-state index in [1.165, 1.54) is 6.07 Å². The lowest BCUT2D eigenvalue weighted by molar-refractivity contribution is -0.121. The first-order chi connectivity index (χ1) is 13.2. The largest absolute Gasteiger partial charge is 0.491 e. The van der Waals surface area contributed by atoms with Crippen LogP contribution in [0.1, 0.15) is 12.8 Å². The molecule has 0 spiro atoms. The van der Waals surface area contributed by atoms with Crippen LogP contribution < -0.4 is 14.8 Å². The molecule has 0 atom stereocenters. The lowest BCUT2D eigenvalue weighted by Crippen LogP contribution is -2.28. The van der Waals surface area contributed by atoms with Crippen LogP contribution in [-0.2, 0) is 4.79 Å². The molecule has 140 valence electrons. The van der Waals surface area contributed by atoms with Gasteiger partial charge in [0.25, 0.3) is 0 Å². The van der Waals surface area contributed by atoms with Gasteiger partial charge in [-0.05, 0) is 30.0 Å². The van der Waals surface area contributed by atoms with Crippen molar-refractivity contribution in [3.05, 3.63) is 72.5 Å². The van der Waals surface area contributed by atoms with Crippen LogP contribution in [0.15, 0.2) is 66.7 Å². The molecule has 5 heteroatoms. The van der Waals surface area contributed by atoms with Crippen LogP contribution in [-0.4, -0.2) is 25.7 Å². The molecule has 1 amide bonds. The van der Waals surface area contributed by atoms with E-state index in [2.05, 4.69) is 5.32 Å². The van der Waals surface area contributed by atoms with Gasteiger partial charge in [-0.1, -0.05) is 48.5 Å². The Morgan fingerprint density at radius 2 is 1.56 bits per heavy atom. The highest BCUT2D eigenvalue weighted by atomic mass is 19.1. The molecule has 0 saturated carbocycles. The Kier molecular flexibility index (Phi) is 6.63. The van der Waals surface area contributed by atoms with Gasteiger partial charge in [0, 0.05) is 11.8 Å². The maximum atomic E-state index is 13.4. The molecule has 0 radical (unpaired) electrons. The van der Waals surface area contributed by atoms with Crippen molar-refractivity contribution in [1.29, 1.82) is 0 Å². The summed E-state index contributed by atoms with van der Waals surface area (Å²) in [4.78, 5) is 11.8. The molecule has 0 saturated heterocycles. The van der Waals surface area contributed by atoms with Crippen molar-refractivity contribution in [3.63, 3.8) is 0 Å². The van der Waals surface area contributed by atoms with E-state index < -0.39 is 5.82 Å². The first kappa shape index (κ1) is 18.7. The van der Waals surface area contributed by atoms with Crippen molar-refractivity contribution in [3.8, 4) is 11.5 Å². The zero-order chi connectivity index (χ0) is 18.9. The van der Waals surface area contributed by atoms with E-state index in [1.807, 2.05) is 42.5 Å². The third-order valence-corrected chi connectivity index (χ3v) is 4.07. The highest BCUT2D eigenvalue weighted by Crippen LogP contribution is 2.24. The molecule has 0 fully saturated rings. The summed E-state index contributed by atoms with van der Waals surface area (Å²) in [6, 6.07) is 20.1. The van der Waals surface area contributed by atoms with Crippen LogP contribution in [0, 0.1) is 5.82 Å². The standard InChI is InChI=1S/C22H22FNO3/c23-19-10-3-4-11-21(19)26-15-6-13-22(25)24-14-16-27-20-12-5-8-17-7-1-2-9-18(17)20/h1-5,7-12H,6,13-16H2,(H,24,25). The van der Waals surface area contributed by atoms with Crippen LogP contribution in [0.25, 0.3) is 10.8 Å². The van der Waals surface area contributed by atoms with Crippen LogP contribution in [0.3, 0.4) is 0 Å². The van der Waals surface area contributed by atoms with Crippen LogP contribution in [0.2, 0.25) is 0 Å². The maximum absolute atomic E-state index is 13.4. The van der Waals surface area contributed by atoms with Crippen LogP contribution in [0.4, 0.5) is 4.39 Å². The average molecular weight is 367 g/mol. The minimum atomic E-state index is -0.396. The predicted octanol–water partition coefficient (Wildman–Crippen LogP) is 4.33. The SMILES string of the molecule is O=C(CCCOc1ccccc1F)NCCOc1cccc2ccccc12. The van der Waals surface area contributed by atoms with Gasteiger partial charge >= 0.3 is 0 Å². The third kappa shape index (κ3) is 5.45. The number of hydrogen-bond donors (Lipinski definition) is 1. The number of carbonyl (C=O) groups excluding carboxylic acids is 1. The second-order valence-electron chi connectivity index (χ2n) is 6.06. The summed E-state index contributed by atoms with van der Waals surface area (Å²) in [5, 5.41) is 4.99. The molecule has 0 unspecified atom stereocenters. The van der Waals surface area contributed by atoms with E-state index in [0.29, 0.717) is 32.6 Å². The minimum absolute atomic E-state index is 0.0753. The highest BCUT2D eigenvalue weighted by molar-refractivity contribution is 5.88. The normalized spacial score (nSPS) is 10.6.